The van der Waals surface area contributed by atoms with Gasteiger partial charge in [-0.25, -0.2) is 8.42 Å². The van der Waals surface area contributed by atoms with Crippen LogP contribution in [0.3, 0.4) is 0 Å². The van der Waals surface area contributed by atoms with Crippen LogP contribution in [0.2, 0.25) is 0 Å². The zero-order chi connectivity index (χ0) is 28.6. The van der Waals surface area contributed by atoms with E-state index in [0.29, 0.717) is 18.7 Å². The van der Waals surface area contributed by atoms with E-state index < -0.39 is 28.5 Å². The third-order valence-electron chi connectivity index (χ3n) is 6.64. The molecule has 0 spiro atoms. The summed E-state index contributed by atoms with van der Waals surface area (Å²) >= 11 is 0. The zero-order valence-electron chi connectivity index (χ0n) is 23.5. The molecule has 1 atom stereocenters. The van der Waals surface area contributed by atoms with Gasteiger partial charge < -0.3 is 10.2 Å². The molecule has 0 saturated heterocycles. The molecule has 0 aromatic heterocycles. The van der Waals surface area contributed by atoms with Crippen molar-refractivity contribution >= 4 is 27.5 Å². The van der Waals surface area contributed by atoms with Gasteiger partial charge in [0.1, 0.15) is 12.6 Å². The van der Waals surface area contributed by atoms with Crippen LogP contribution in [0.5, 0.6) is 0 Å². The van der Waals surface area contributed by atoms with Crippen molar-refractivity contribution in [3.05, 3.63) is 95.1 Å². The van der Waals surface area contributed by atoms with E-state index in [-0.39, 0.29) is 17.3 Å². The highest BCUT2D eigenvalue weighted by molar-refractivity contribution is 7.92. The number of rotatable bonds is 12. The monoisotopic (exact) mass is 549 g/mol. The third kappa shape index (κ3) is 7.47. The molecule has 0 fully saturated rings. The number of sulfonamides is 1. The van der Waals surface area contributed by atoms with E-state index in [2.05, 4.69) is 5.32 Å². The molecular weight excluding hydrogens is 510 g/mol. The highest BCUT2D eigenvalue weighted by atomic mass is 32.2. The van der Waals surface area contributed by atoms with Gasteiger partial charge in [-0.2, -0.15) is 0 Å². The molecule has 3 aromatic carbocycles. The van der Waals surface area contributed by atoms with Gasteiger partial charge >= 0.3 is 0 Å². The van der Waals surface area contributed by atoms with Crippen LogP contribution in [0, 0.1) is 20.8 Å². The molecule has 7 nitrogen and oxygen atoms in total. The smallest absolute Gasteiger partial charge is 0.264 e. The van der Waals surface area contributed by atoms with Crippen molar-refractivity contribution in [2.75, 3.05) is 17.4 Å². The molecule has 3 aromatic rings. The molecule has 0 saturated carbocycles. The molecule has 39 heavy (non-hydrogen) atoms. The molecular formula is C31H39N3O4S. The first kappa shape index (κ1) is 29.9. The molecule has 0 radical (unpaired) electrons. The van der Waals surface area contributed by atoms with Crippen LogP contribution < -0.4 is 9.62 Å². The Morgan fingerprint density at radius 2 is 1.56 bits per heavy atom. The molecule has 208 valence electrons. The highest BCUT2D eigenvalue weighted by Crippen LogP contribution is 2.27. The van der Waals surface area contributed by atoms with Crippen LogP contribution in [0.25, 0.3) is 0 Å². The lowest BCUT2D eigenvalue weighted by atomic mass is 10.1. The van der Waals surface area contributed by atoms with Gasteiger partial charge in [0.05, 0.1) is 10.6 Å². The van der Waals surface area contributed by atoms with E-state index >= 15 is 0 Å². The Labute approximate surface area is 232 Å². The SMILES string of the molecule is CCCNC(=O)[C@H](CC)N(Cc1cccc(C)c1)C(=O)CN(c1ccccc1C)S(=O)(=O)c1ccc(C)cc1. The molecule has 0 bridgehead atoms. The second-order valence-electron chi connectivity index (χ2n) is 9.84. The van der Waals surface area contributed by atoms with E-state index in [1.807, 2.05) is 71.0 Å². The van der Waals surface area contributed by atoms with Crippen LogP contribution in [-0.4, -0.2) is 44.3 Å². The summed E-state index contributed by atoms with van der Waals surface area (Å²) in [4.78, 5) is 28.8. The van der Waals surface area contributed by atoms with Crippen LogP contribution in [0.1, 0.15) is 48.9 Å². The Morgan fingerprint density at radius 3 is 2.18 bits per heavy atom. The van der Waals surface area contributed by atoms with E-state index in [4.69, 9.17) is 0 Å². The van der Waals surface area contributed by atoms with Gasteiger partial charge in [-0.1, -0.05) is 79.6 Å². The number of nitrogens with one attached hydrogen (secondary N) is 1. The fraction of sp³-hybridized carbons (Fsp3) is 0.355. The molecule has 0 aliphatic heterocycles. The van der Waals surface area contributed by atoms with Gasteiger partial charge in [-0.15, -0.1) is 0 Å². The molecule has 3 rings (SSSR count). The van der Waals surface area contributed by atoms with Crippen molar-refractivity contribution in [2.45, 2.75) is 64.9 Å². The molecule has 8 heteroatoms. The van der Waals surface area contributed by atoms with Gasteiger partial charge in [0.2, 0.25) is 11.8 Å². The number of amides is 2. The quantitative estimate of drug-likeness (QED) is 0.339. The summed E-state index contributed by atoms with van der Waals surface area (Å²) in [5, 5.41) is 2.91. The lowest BCUT2D eigenvalue weighted by Gasteiger charge is -2.33. The Hall–Kier alpha value is -3.65. The fourth-order valence-corrected chi connectivity index (χ4v) is 5.97. The first-order chi connectivity index (χ1) is 18.6. The maximum atomic E-state index is 14.1. The predicted octanol–water partition coefficient (Wildman–Crippen LogP) is 5.14. The minimum atomic E-state index is -4.08. The summed E-state index contributed by atoms with van der Waals surface area (Å²) in [5.74, 6) is -0.696. The molecule has 2 amide bonds. The number of hydrogen-bond acceptors (Lipinski definition) is 4. The number of carbonyl (C=O) groups is 2. The second kappa shape index (κ2) is 13.4. The Balaban J connectivity index is 2.06. The zero-order valence-corrected chi connectivity index (χ0v) is 24.3. The normalized spacial score (nSPS) is 12.0. The summed E-state index contributed by atoms with van der Waals surface area (Å²) in [7, 11) is -4.08. The summed E-state index contributed by atoms with van der Waals surface area (Å²) in [6.07, 6.45) is 1.16. The first-order valence-corrected chi connectivity index (χ1v) is 14.8. The van der Waals surface area contributed by atoms with E-state index in [1.165, 1.54) is 4.90 Å². The maximum Gasteiger partial charge on any atom is 0.264 e. The average molecular weight is 550 g/mol. The van der Waals surface area contributed by atoms with Gasteiger partial charge in [0, 0.05) is 13.1 Å². The lowest BCUT2D eigenvalue weighted by molar-refractivity contribution is -0.140. The molecule has 0 unspecified atom stereocenters. The summed E-state index contributed by atoms with van der Waals surface area (Å²) in [5.41, 5.74) is 3.98. The van der Waals surface area contributed by atoms with Crippen LogP contribution >= 0.6 is 0 Å². The number of nitrogens with zero attached hydrogens (tertiary/aromatic N) is 2. The van der Waals surface area contributed by atoms with E-state index in [0.717, 1.165) is 33.0 Å². The fourth-order valence-electron chi connectivity index (χ4n) is 4.49. The van der Waals surface area contributed by atoms with E-state index in [9.17, 15) is 18.0 Å². The third-order valence-corrected chi connectivity index (χ3v) is 8.42. The van der Waals surface area contributed by atoms with Crippen molar-refractivity contribution < 1.29 is 18.0 Å². The lowest BCUT2D eigenvalue weighted by Crippen LogP contribution is -2.52. The number of anilines is 1. The topological polar surface area (TPSA) is 86.8 Å². The first-order valence-electron chi connectivity index (χ1n) is 13.4. The van der Waals surface area contributed by atoms with Crippen molar-refractivity contribution in [3.8, 4) is 0 Å². The highest BCUT2D eigenvalue weighted by Gasteiger charge is 2.34. The number of benzene rings is 3. The molecule has 0 heterocycles. The second-order valence-corrected chi connectivity index (χ2v) is 11.7. The molecule has 0 aliphatic rings. The van der Waals surface area contributed by atoms with Crippen molar-refractivity contribution in [1.82, 2.24) is 10.2 Å². The van der Waals surface area contributed by atoms with Crippen LogP contribution in [0.15, 0.2) is 77.7 Å². The van der Waals surface area contributed by atoms with E-state index in [1.54, 1.807) is 36.4 Å². The Kier molecular flexibility index (Phi) is 10.3. The van der Waals surface area contributed by atoms with Crippen molar-refractivity contribution in [2.24, 2.45) is 0 Å². The number of para-hydroxylation sites is 1. The standard InChI is InChI=1S/C31H39N3O4S/c1-6-19-32-31(36)28(7-2)33(21-26-13-10-11-24(4)20-26)30(35)22-34(29-14-9-8-12-25(29)5)39(37,38)27-17-15-23(3)16-18-27/h8-18,20,28H,6-7,19,21-22H2,1-5H3,(H,32,36)/t28-/m0/s1. The van der Waals surface area contributed by atoms with Gasteiger partial charge in [-0.05, 0) is 62.9 Å². The van der Waals surface area contributed by atoms with Gasteiger partial charge in [-0.3, -0.25) is 13.9 Å². The summed E-state index contributed by atoms with van der Waals surface area (Å²) < 4.78 is 29.1. The minimum Gasteiger partial charge on any atom is -0.354 e. The van der Waals surface area contributed by atoms with Crippen molar-refractivity contribution in [3.63, 3.8) is 0 Å². The minimum absolute atomic E-state index is 0.0992. The number of aryl methyl sites for hydroxylation is 3. The van der Waals surface area contributed by atoms with Crippen LogP contribution in [0.4, 0.5) is 5.69 Å². The molecule has 1 N–H and O–H groups in total. The largest absolute Gasteiger partial charge is 0.354 e. The number of carbonyl (C=O) groups excluding carboxylic acids is 2. The van der Waals surface area contributed by atoms with Gasteiger partial charge in [0.15, 0.2) is 0 Å². The Morgan fingerprint density at radius 1 is 0.872 bits per heavy atom. The average Bonchev–Trinajstić information content (AvgIpc) is 2.91. The van der Waals surface area contributed by atoms with Gasteiger partial charge in [0.25, 0.3) is 10.0 Å². The Bertz CT molecular complexity index is 1390. The summed E-state index contributed by atoms with van der Waals surface area (Å²) in [6, 6.07) is 20.7. The number of hydrogen-bond donors (Lipinski definition) is 1. The maximum absolute atomic E-state index is 14.1. The van der Waals surface area contributed by atoms with Crippen molar-refractivity contribution in [1.29, 1.82) is 0 Å². The van der Waals surface area contributed by atoms with Crippen LogP contribution in [-0.2, 0) is 26.2 Å². The summed E-state index contributed by atoms with van der Waals surface area (Å²) in [6.45, 7) is 9.73. The predicted molar refractivity (Wildman–Crippen MR) is 156 cm³/mol. The molecule has 0 aliphatic carbocycles.